The zero-order chi connectivity index (χ0) is 3.58. The molecule has 38 valence electrons. The topological polar surface area (TPSA) is 0 Å². The van der Waals surface area contributed by atoms with Gasteiger partial charge in [-0.2, -0.15) is 0 Å². The lowest BCUT2D eigenvalue weighted by Gasteiger charge is -1.65. The summed E-state index contributed by atoms with van der Waals surface area (Å²) in [4.78, 5) is 0. The largest absolute Gasteiger partial charge is 0.187 e. The molecule has 0 saturated heterocycles. The van der Waals surface area contributed by atoms with E-state index < -0.39 is 0 Å². The molecule has 0 heterocycles. The van der Waals surface area contributed by atoms with E-state index in [0.717, 1.165) is 0 Å². The van der Waals surface area contributed by atoms with E-state index in [1.165, 1.54) is 5.57 Å². The van der Waals surface area contributed by atoms with E-state index in [0.29, 0.717) is 0 Å². The predicted octanol–water partition coefficient (Wildman–Crippen LogP) is 0.820. The molecule has 0 aromatic carbocycles. The molecule has 0 unspecified atom stereocenters. The Balaban J connectivity index is -0.0000000450. The Morgan fingerprint density at radius 1 is 1.33 bits per heavy atom. The average Bonchev–Trinajstić information content (AvgIpc) is 0.811. The highest BCUT2D eigenvalue weighted by Crippen LogP contribution is 1.73. The molecule has 0 aromatic heterocycles. The van der Waals surface area contributed by atoms with E-state index in [4.69, 9.17) is 0 Å². The second kappa shape index (κ2) is 9.12. The molecule has 0 radical (unpaired) electrons. The molecule has 2 heteroatoms. The van der Waals surface area contributed by atoms with E-state index in [1.54, 1.807) is 0 Å². The molecule has 0 aliphatic heterocycles. The zero-order valence-corrected chi connectivity index (χ0v) is 4.43. The Labute approximate surface area is 56.2 Å². The summed E-state index contributed by atoms with van der Waals surface area (Å²) in [5, 5.41) is 0. The van der Waals surface area contributed by atoms with Crippen molar-refractivity contribution in [3.8, 4) is 0 Å². The van der Waals surface area contributed by atoms with Gasteiger partial charge in [0.1, 0.15) is 0 Å². The minimum absolute atomic E-state index is 0. The summed E-state index contributed by atoms with van der Waals surface area (Å²) in [6, 6.07) is 0. The Bertz CT molecular complexity index is 30.5. The van der Waals surface area contributed by atoms with Crippen LogP contribution in [0.5, 0.6) is 0 Å². The maximum absolute atomic E-state index is 3.56. The van der Waals surface area contributed by atoms with Crippen LogP contribution in [0.3, 0.4) is 0 Å². The summed E-state index contributed by atoms with van der Waals surface area (Å²) >= 11 is 0. The molecule has 6 heavy (non-hydrogen) atoms. The van der Waals surface area contributed by atoms with Crippen LogP contribution in [0.1, 0.15) is 13.8 Å². The van der Waals surface area contributed by atoms with Gasteiger partial charge in [-0.25, -0.2) is 0 Å². The Morgan fingerprint density at radius 2 is 1.33 bits per heavy atom. The van der Waals surface area contributed by atoms with Gasteiger partial charge in [0.2, 0.25) is 0 Å². The molecular formula is C4H12AlCl. The summed E-state index contributed by atoms with van der Waals surface area (Å²) in [6.45, 7) is 7.50. The first-order valence-corrected chi connectivity index (χ1v) is 1.35. The van der Waals surface area contributed by atoms with Crippen molar-refractivity contribution < 1.29 is 0 Å². The third-order valence-electron chi connectivity index (χ3n) is 0. The predicted molar refractivity (Wildman–Crippen MR) is 37.7 cm³/mol. The van der Waals surface area contributed by atoms with Crippen LogP contribution in [0.25, 0.3) is 0 Å². The standard InChI is InChI=1S/C4H8.Al.ClH.3H/c1-4(2)3;;;;;/h1H2,2-3H3;;1H;;;. The first-order chi connectivity index (χ1) is 1.73. The first kappa shape index (κ1) is 16.0. The Hall–Kier alpha value is 0.562. The summed E-state index contributed by atoms with van der Waals surface area (Å²) in [5.74, 6) is 0. The number of halogens is 1. The molecule has 0 bridgehead atoms. The summed E-state index contributed by atoms with van der Waals surface area (Å²) < 4.78 is 0. The molecule has 0 amide bonds. The molecule has 0 N–H and O–H groups in total. The van der Waals surface area contributed by atoms with Crippen molar-refractivity contribution in [2.75, 3.05) is 0 Å². The maximum atomic E-state index is 3.56. The van der Waals surface area contributed by atoms with Gasteiger partial charge in [-0.05, 0) is 13.8 Å². The Morgan fingerprint density at radius 3 is 1.33 bits per heavy atom. The van der Waals surface area contributed by atoms with Crippen LogP contribution in [-0.2, 0) is 0 Å². The van der Waals surface area contributed by atoms with E-state index in [9.17, 15) is 0 Å². The van der Waals surface area contributed by atoms with Gasteiger partial charge in [-0.3, -0.25) is 0 Å². The molecule has 0 aliphatic rings. The molecule has 0 atom stereocenters. The fraction of sp³-hybridized carbons (Fsp3) is 0.500. The van der Waals surface area contributed by atoms with E-state index >= 15 is 0 Å². The maximum Gasteiger partial charge on any atom is 0.187 e. The second-order valence-corrected chi connectivity index (χ2v) is 1.21. The molecule has 0 fully saturated rings. The van der Waals surface area contributed by atoms with Crippen molar-refractivity contribution in [2.24, 2.45) is 0 Å². The van der Waals surface area contributed by atoms with Gasteiger partial charge >= 0.3 is 0 Å². The molecule has 0 spiro atoms. The van der Waals surface area contributed by atoms with Gasteiger partial charge in [0.25, 0.3) is 0 Å². The van der Waals surface area contributed by atoms with Crippen LogP contribution in [0.4, 0.5) is 0 Å². The first-order valence-electron chi connectivity index (χ1n) is 1.35. The van der Waals surface area contributed by atoms with Crippen LogP contribution >= 0.6 is 12.4 Å². The highest BCUT2D eigenvalue weighted by atomic mass is 35.5. The smallest absolute Gasteiger partial charge is 0.147 e. The van der Waals surface area contributed by atoms with Crippen molar-refractivity contribution in [2.45, 2.75) is 13.8 Å². The number of allylic oxidation sites excluding steroid dienone is 1. The monoisotopic (exact) mass is 122 g/mol. The minimum Gasteiger partial charge on any atom is -0.147 e. The fourth-order valence-electron chi connectivity index (χ4n) is 0. The zero-order valence-electron chi connectivity index (χ0n) is 3.62. The second-order valence-electron chi connectivity index (χ2n) is 1.21. The van der Waals surface area contributed by atoms with Gasteiger partial charge < -0.3 is 0 Å². The van der Waals surface area contributed by atoms with Crippen molar-refractivity contribution in [1.29, 1.82) is 0 Å². The Kier molecular flexibility index (Phi) is 24.3. The highest BCUT2D eigenvalue weighted by Gasteiger charge is 1.51. The summed E-state index contributed by atoms with van der Waals surface area (Å²) in [7, 11) is 0. The lowest BCUT2D eigenvalue weighted by atomic mass is 10.4. The minimum atomic E-state index is 0. The summed E-state index contributed by atoms with van der Waals surface area (Å²) in [5.41, 5.74) is 1.17. The SMILES string of the molecule is C=C(C)C.Cl.[AlH3]. The molecular weight excluding hydrogens is 110 g/mol. The van der Waals surface area contributed by atoms with E-state index in [-0.39, 0.29) is 29.8 Å². The van der Waals surface area contributed by atoms with E-state index in [1.807, 2.05) is 13.8 Å². The van der Waals surface area contributed by atoms with Crippen LogP contribution < -0.4 is 0 Å². The van der Waals surface area contributed by atoms with Gasteiger partial charge in [0.15, 0.2) is 17.4 Å². The van der Waals surface area contributed by atoms with Crippen molar-refractivity contribution >= 4 is 29.8 Å². The third-order valence-corrected chi connectivity index (χ3v) is 0. The van der Waals surface area contributed by atoms with Crippen molar-refractivity contribution in [3.05, 3.63) is 12.2 Å². The molecule has 0 aliphatic carbocycles. The lowest BCUT2D eigenvalue weighted by Crippen LogP contribution is -1.43. The number of hydrogen-bond donors (Lipinski definition) is 0. The van der Waals surface area contributed by atoms with Crippen molar-refractivity contribution in [1.82, 2.24) is 0 Å². The third kappa shape index (κ3) is 183. The van der Waals surface area contributed by atoms with E-state index in [2.05, 4.69) is 6.58 Å². The highest BCUT2D eigenvalue weighted by molar-refractivity contribution is 5.85. The van der Waals surface area contributed by atoms with Crippen LogP contribution in [0.15, 0.2) is 12.2 Å². The van der Waals surface area contributed by atoms with Crippen LogP contribution in [0.2, 0.25) is 0 Å². The molecule has 0 nitrogen and oxygen atoms in total. The number of rotatable bonds is 0. The normalized spacial score (nSPS) is 4.33. The van der Waals surface area contributed by atoms with Gasteiger partial charge in [-0.15, -0.1) is 19.0 Å². The van der Waals surface area contributed by atoms with Gasteiger partial charge in [0, 0.05) is 0 Å². The lowest BCUT2D eigenvalue weighted by molar-refractivity contribution is 1.42. The molecule has 0 rings (SSSR count). The summed E-state index contributed by atoms with van der Waals surface area (Å²) in [6.07, 6.45) is 0. The molecule has 0 aromatic rings. The van der Waals surface area contributed by atoms with Crippen LogP contribution in [0, 0.1) is 0 Å². The van der Waals surface area contributed by atoms with Gasteiger partial charge in [-0.1, -0.05) is 5.57 Å². The van der Waals surface area contributed by atoms with Gasteiger partial charge in [0.05, 0.1) is 0 Å². The average molecular weight is 123 g/mol. The number of hydrogen-bond acceptors (Lipinski definition) is 0. The molecule has 0 saturated carbocycles. The van der Waals surface area contributed by atoms with Crippen molar-refractivity contribution in [3.63, 3.8) is 0 Å². The fourth-order valence-corrected chi connectivity index (χ4v) is 0. The quantitative estimate of drug-likeness (QED) is 0.330. The van der Waals surface area contributed by atoms with Crippen LogP contribution in [-0.4, -0.2) is 17.4 Å².